The Kier molecular flexibility index (Phi) is 8.83. The van der Waals surface area contributed by atoms with Gasteiger partial charge in [-0.15, -0.1) is 0 Å². The number of nitrogens with zero attached hydrogens (tertiary/aromatic N) is 7. The van der Waals surface area contributed by atoms with E-state index < -0.39 is 17.1 Å². The molecule has 0 bridgehead atoms. The molecule has 1 aromatic heterocycles. The van der Waals surface area contributed by atoms with Crippen LogP contribution in [0.3, 0.4) is 0 Å². The molecule has 3 aromatic rings. The molecule has 8 atom stereocenters. The number of tetrazole rings is 1. The number of ketones is 1. The summed E-state index contributed by atoms with van der Waals surface area (Å²) < 4.78 is 28.0. The lowest BCUT2D eigenvalue weighted by molar-refractivity contribution is -0.133. The number of fused-ring (bicyclic) bond motifs is 5. The van der Waals surface area contributed by atoms with E-state index in [2.05, 4.69) is 27.7 Å². The minimum atomic E-state index is -0.501. The van der Waals surface area contributed by atoms with Crippen LogP contribution in [0.2, 0.25) is 0 Å². The highest BCUT2D eigenvalue weighted by molar-refractivity contribution is 5.95. The fourth-order valence-corrected chi connectivity index (χ4v) is 10.0. The van der Waals surface area contributed by atoms with E-state index in [0.717, 1.165) is 64.7 Å². The molecule has 1 N–H and O–H groups in total. The first-order valence-corrected chi connectivity index (χ1v) is 17.4. The summed E-state index contributed by atoms with van der Waals surface area (Å²) in [7, 11) is 0. The van der Waals surface area contributed by atoms with Crippen LogP contribution in [0.25, 0.3) is 5.69 Å². The molecule has 11 nitrogen and oxygen atoms in total. The van der Waals surface area contributed by atoms with Crippen molar-refractivity contribution >= 4 is 17.4 Å². The summed E-state index contributed by atoms with van der Waals surface area (Å²) in [5, 5.41) is 26.8. The van der Waals surface area contributed by atoms with Crippen molar-refractivity contribution in [2.45, 2.75) is 83.8 Å². The van der Waals surface area contributed by atoms with Crippen LogP contribution in [0.4, 0.5) is 14.5 Å². The predicted octanol–water partition coefficient (Wildman–Crippen LogP) is 5.70. The molecule has 2 aromatic carbocycles. The summed E-state index contributed by atoms with van der Waals surface area (Å²) in [6, 6.07) is 11.0. The first-order chi connectivity index (χ1) is 23.4. The minimum Gasteiger partial charge on any atom is -0.390 e. The van der Waals surface area contributed by atoms with Crippen molar-refractivity contribution in [1.82, 2.24) is 19.8 Å². The van der Waals surface area contributed by atoms with Crippen molar-refractivity contribution in [2.75, 3.05) is 11.6 Å². The van der Waals surface area contributed by atoms with Gasteiger partial charge in [-0.3, -0.25) is 9.59 Å². The number of aliphatic hydroxyl groups is 1. The van der Waals surface area contributed by atoms with Crippen LogP contribution in [0.5, 0.6) is 0 Å². The van der Waals surface area contributed by atoms with Crippen molar-refractivity contribution in [3.05, 3.63) is 70.6 Å². The molecule has 4 fully saturated rings. The summed E-state index contributed by atoms with van der Waals surface area (Å²) in [6.45, 7) is 4.32. The molecule has 4 saturated carbocycles. The van der Waals surface area contributed by atoms with Crippen LogP contribution < -0.4 is 10.7 Å². The quantitative estimate of drug-likeness (QED) is 0.369. The molecule has 1 amide bonds. The van der Waals surface area contributed by atoms with Gasteiger partial charge in [0.2, 0.25) is 0 Å². The molecule has 13 heteroatoms. The average Bonchev–Trinajstić information content (AvgIpc) is 3.77. The number of amides is 1. The maximum Gasteiger partial charge on any atom is 0.368 e. The van der Waals surface area contributed by atoms with Gasteiger partial charge in [-0.05, 0) is 159 Å². The van der Waals surface area contributed by atoms with Gasteiger partial charge in [-0.2, -0.15) is 19.5 Å². The maximum atomic E-state index is 13.6. The third-order valence-corrected chi connectivity index (χ3v) is 12.3. The molecule has 49 heavy (non-hydrogen) atoms. The van der Waals surface area contributed by atoms with Crippen LogP contribution in [0.1, 0.15) is 71.6 Å². The zero-order chi connectivity index (χ0) is 34.5. The van der Waals surface area contributed by atoms with Crippen molar-refractivity contribution in [2.24, 2.45) is 51.3 Å². The van der Waals surface area contributed by atoms with Crippen molar-refractivity contribution in [3.63, 3.8) is 0 Å². The highest BCUT2D eigenvalue weighted by Crippen LogP contribution is 2.64. The van der Waals surface area contributed by atoms with E-state index in [1.807, 2.05) is 6.92 Å². The predicted molar refractivity (Wildman–Crippen MR) is 175 cm³/mol. The number of hydrogen-bond donors (Lipinski definition) is 1. The van der Waals surface area contributed by atoms with Crippen LogP contribution in [0.15, 0.2) is 63.7 Å². The number of anilines is 1. The fraction of sp³-hybridized carbons (Fsp3) is 0.583. The van der Waals surface area contributed by atoms with Gasteiger partial charge in [-0.1, -0.05) is 12.1 Å². The number of Topliss-reactive ketones (excluding diaryl/α,β-unsaturated/α-hetero) is 1. The van der Waals surface area contributed by atoms with Crippen molar-refractivity contribution < 1.29 is 23.5 Å². The second-order valence-electron chi connectivity index (χ2n) is 15.2. The molecule has 4 aliphatic carbocycles. The molecule has 260 valence electrons. The second-order valence-corrected chi connectivity index (χ2v) is 15.2. The van der Waals surface area contributed by atoms with Gasteiger partial charge in [-0.25, -0.2) is 13.6 Å². The van der Waals surface area contributed by atoms with E-state index in [1.54, 1.807) is 0 Å². The maximum absolute atomic E-state index is 13.6. The molecule has 0 radical (unpaired) electrons. The van der Waals surface area contributed by atoms with Crippen LogP contribution >= 0.6 is 0 Å². The van der Waals surface area contributed by atoms with E-state index in [-0.39, 0.29) is 41.9 Å². The lowest BCUT2D eigenvalue weighted by atomic mass is 9.49. The molecular weight excluding hydrogens is 632 g/mol. The monoisotopic (exact) mass is 675 g/mol. The number of rotatable bonds is 5. The van der Waals surface area contributed by atoms with E-state index in [0.29, 0.717) is 29.1 Å². The van der Waals surface area contributed by atoms with Crippen molar-refractivity contribution in [3.8, 4) is 5.69 Å². The number of benzene rings is 2. The van der Waals surface area contributed by atoms with Gasteiger partial charge in [0.25, 0.3) is 5.91 Å². The Bertz CT molecular complexity index is 1790. The van der Waals surface area contributed by atoms with Gasteiger partial charge >= 0.3 is 5.69 Å². The molecule has 1 aliphatic heterocycles. The minimum absolute atomic E-state index is 0.0260. The van der Waals surface area contributed by atoms with Gasteiger partial charge in [0.1, 0.15) is 24.7 Å². The highest BCUT2D eigenvalue weighted by Gasteiger charge is 2.58. The van der Waals surface area contributed by atoms with Crippen LogP contribution in [0, 0.1) is 52.6 Å². The van der Waals surface area contributed by atoms with Gasteiger partial charge < -0.3 is 5.11 Å². The Morgan fingerprint density at radius 1 is 0.837 bits per heavy atom. The third-order valence-electron chi connectivity index (χ3n) is 12.3. The molecule has 0 unspecified atom stereocenters. The number of hydrogen-bond acceptors (Lipinski definition) is 8. The van der Waals surface area contributed by atoms with Crippen LogP contribution in [-0.2, 0) is 16.1 Å². The zero-order valence-corrected chi connectivity index (χ0v) is 27.9. The lowest BCUT2D eigenvalue weighted by Crippen LogP contribution is -2.51. The van der Waals surface area contributed by atoms with E-state index in [4.69, 9.17) is 0 Å². The first-order valence-electron chi connectivity index (χ1n) is 17.4. The second kappa shape index (κ2) is 13.0. The molecule has 0 spiro atoms. The Labute approximate surface area is 283 Å². The van der Waals surface area contributed by atoms with Crippen molar-refractivity contribution in [1.29, 1.82) is 0 Å². The largest absolute Gasteiger partial charge is 0.390 e. The fourth-order valence-electron chi connectivity index (χ4n) is 10.0. The van der Waals surface area contributed by atoms with Crippen LogP contribution in [-0.4, -0.2) is 48.7 Å². The standard InChI is InChI=1S/C28H37FN4O3.C8H6FN3O/c1-27(36)13-11-20-17(15-27)3-8-22-21(20)12-14-28(2)23(22)9-10-24(28)25(34)16-32-26(35)33(31-30-32)19-6-4-18(29)5-7-19;9-6-1-3-7(4-2-6)12-8(13)5-10-11-12/h4-7,17,20-24,36H,3,8-16H2,1-2H3;1-4H,5H2/t17-,20+,21-,22-,23+,24-,27-,28+;/m1./s1. The van der Waals surface area contributed by atoms with E-state index in [1.165, 1.54) is 67.8 Å². The number of carbonyl (C=O) groups excluding carboxylic acids is 2. The topological polar surface area (TPSA) is 135 Å². The Hall–Kier alpha value is -4.13. The average molecular weight is 676 g/mol. The molecular formula is C36H43F2N7O4. The zero-order valence-electron chi connectivity index (χ0n) is 27.9. The molecule has 0 saturated heterocycles. The smallest absolute Gasteiger partial charge is 0.368 e. The highest BCUT2D eigenvalue weighted by atomic mass is 19.1. The third kappa shape index (κ3) is 6.37. The Balaban J connectivity index is 0.000000244. The Morgan fingerprint density at radius 3 is 2.18 bits per heavy atom. The van der Waals surface area contributed by atoms with E-state index in [9.17, 15) is 28.3 Å². The molecule has 5 aliphatic rings. The SMILES string of the molecule is C[C@@]1(O)CC[C@H]2[C@H](CC[C@@H]3[C@@H]2CC[C@]2(C)[C@@H](C(=O)Cn4nnn(-c5ccc(F)cc5)c4=O)CC[C@@H]32)C1.O=C1CN=NN1c1ccc(F)cc1. The van der Waals surface area contributed by atoms with Gasteiger partial charge in [0, 0.05) is 5.92 Å². The number of carbonyl (C=O) groups is 2. The Morgan fingerprint density at radius 2 is 1.51 bits per heavy atom. The van der Waals surface area contributed by atoms with Gasteiger partial charge in [0.15, 0.2) is 5.78 Å². The lowest BCUT2D eigenvalue weighted by Gasteiger charge is -2.56. The number of aromatic nitrogens is 4. The summed E-state index contributed by atoms with van der Waals surface area (Å²) in [4.78, 5) is 37.5. The molecule has 2 heterocycles. The molecule has 8 rings (SSSR count). The summed E-state index contributed by atoms with van der Waals surface area (Å²) in [5.74, 6) is 2.41. The summed E-state index contributed by atoms with van der Waals surface area (Å²) in [5.41, 5.74) is -0.0517. The van der Waals surface area contributed by atoms with E-state index >= 15 is 0 Å². The number of halogens is 2. The summed E-state index contributed by atoms with van der Waals surface area (Å²) in [6.07, 6.45) is 9.61. The normalized spacial score (nSPS) is 33.3. The first kappa shape index (κ1) is 33.4. The van der Waals surface area contributed by atoms with Gasteiger partial charge in [0.05, 0.1) is 17.0 Å². The summed E-state index contributed by atoms with van der Waals surface area (Å²) >= 11 is 0.